The first-order valence-corrected chi connectivity index (χ1v) is 23.0. The number of hydrogen-bond donors (Lipinski definition) is 0. The van der Waals surface area contributed by atoms with Gasteiger partial charge in [0, 0.05) is 17.1 Å². The van der Waals surface area contributed by atoms with Crippen LogP contribution in [0.15, 0.2) is 212 Å². The molecule has 0 bridgehead atoms. The van der Waals surface area contributed by atoms with E-state index in [4.69, 9.17) is 0 Å². The van der Waals surface area contributed by atoms with E-state index in [1.807, 2.05) is 0 Å². The molecule has 65 heavy (non-hydrogen) atoms. The third-order valence-corrected chi connectivity index (χ3v) is 13.4. The van der Waals surface area contributed by atoms with Crippen molar-refractivity contribution in [3.05, 3.63) is 223 Å². The largest absolute Gasteiger partial charge is 0.310 e. The van der Waals surface area contributed by atoms with Crippen LogP contribution in [0.2, 0.25) is 0 Å². The predicted octanol–water partition coefficient (Wildman–Crippen LogP) is 18.4. The smallest absolute Gasteiger partial charge is 0.0473 e. The topological polar surface area (TPSA) is 3.24 Å². The first-order chi connectivity index (χ1) is 31.4. The van der Waals surface area contributed by atoms with Gasteiger partial charge in [-0.15, -0.1) is 0 Å². The number of rotatable bonds is 7. The highest BCUT2D eigenvalue weighted by atomic mass is 15.1. The summed E-state index contributed by atoms with van der Waals surface area (Å²) in [5.41, 5.74) is 21.3. The normalized spacial score (nSPS) is 12.2. The minimum absolute atomic E-state index is 0.0906. The maximum atomic E-state index is 2.43. The first kappa shape index (κ1) is 40.3. The molecule has 0 aliphatic heterocycles. The number of para-hydroxylation sites is 1. The molecule has 10 aromatic carbocycles. The molecule has 0 N–H and O–H groups in total. The molecule has 1 heteroatoms. The van der Waals surface area contributed by atoms with Crippen LogP contribution < -0.4 is 4.90 Å². The van der Waals surface area contributed by atoms with Crippen molar-refractivity contribution in [2.24, 2.45) is 0 Å². The molecule has 1 nitrogen and oxygen atoms in total. The zero-order valence-electron chi connectivity index (χ0n) is 38.2. The van der Waals surface area contributed by atoms with E-state index in [0.717, 1.165) is 17.1 Å². The van der Waals surface area contributed by atoms with Gasteiger partial charge in [0.05, 0.1) is 0 Å². The molecule has 0 saturated heterocycles. The average Bonchev–Trinajstić information content (AvgIpc) is 3.33. The van der Waals surface area contributed by atoms with E-state index in [0.29, 0.717) is 0 Å². The summed E-state index contributed by atoms with van der Waals surface area (Å²) in [7, 11) is 0. The molecular formula is C64H53N. The molecule has 0 unspecified atom stereocenters. The van der Waals surface area contributed by atoms with Crippen LogP contribution in [-0.4, -0.2) is 0 Å². The monoisotopic (exact) mass is 835 g/mol. The summed E-state index contributed by atoms with van der Waals surface area (Å²) in [5.74, 6) is 0. The molecule has 0 radical (unpaired) electrons. The Kier molecular flexibility index (Phi) is 9.70. The van der Waals surface area contributed by atoms with Gasteiger partial charge in [-0.25, -0.2) is 0 Å². The van der Waals surface area contributed by atoms with Crippen LogP contribution in [0, 0.1) is 0 Å². The highest BCUT2D eigenvalue weighted by molar-refractivity contribution is 6.13. The lowest BCUT2D eigenvalue weighted by Crippen LogP contribution is -2.10. The van der Waals surface area contributed by atoms with Crippen LogP contribution in [0.4, 0.5) is 17.1 Å². The lowest BCUT2D eigenvalue weighted by molar-refractivity contribution is 0.590. The van der Waals surface area contributed by atoms with Crippen LogP contribution in [0.1, 0.15) is 52.7 Å². The zero-order valence-corrected chi connectivity index (χ0v) is 38.2. The molecule has 1 aliphatic carbocycles. The maximum Gasteiger partial charge on any atom is 0.0473 e. The summed E-state index contributed by atoms with van der Waals surface area (Å²) in [6, 6.07) is 79.1. The Morgan fingerprint density at radius 3 is 1.06 bits per heavy atom. The third kappa shape index (κ3) is 7.51. The van der Waals surface area contributed by atoms with Gasteiger partial charge >= 0.3 is 0 Å². The van der Waals surface area contributed by atoms with Crippen molar-refractivity contribution in [3.8, 4) is 66.8 Å². The molecule has 0 aromatic heterocycles. The van der Waals surface area contributed by atoms with Crippen molar-refractivity contribution in [1.82, 2.24) is 0 Å². The summed E-state index contributed by atoms with van der Waals surface area (Å²) < 4.78 is 0. The molecule has 11 rings (SSSR count). The fraction of sp³-hybridized carbons (Fsp3) is 0.125. The van der Waals surface area contributed by atoms with Crippen LogP contribution in [-0.2, 0) is 10.8 Å². The molecule has 0 spiro atoms. The van der Waals surface area contributed by atoms with Crippen molar-refractivity contribution < 1.29 is 0 Å². The Morgan fingerprint density at radius 2 is 0.631 bits per heavy atom. The minimum atomic E-state index is 0.0906. The Hall–Kier alpha value is -7.48. The first-order valence-electron chi connectivity index (χ1n) is 23.0. The highest BCUT2D eigenvalue weighted by Gasteiger charge is 2.26. The van der Waals surface area contributed by atoms with E-state index < -0.39 is 0 Å². The van der Waals surface area contributed by atoms with Gasteiger partial charge in [-0.3, -0.25) is 0 Å². The molecule has 0 fully saturated rings. The fourth-order valence-corrected chi connectivity index (χ4v) is 9.74. The minimum Gasteiger partial charge on any atom is -0.310 e. The van der Waals surface area contributed by atoms with Gasteiger partial charge in [-0.05, 0) is 189 Å². The van der Waals surface area contributed by atoms with Crippen molar-refractivity contribution in [2.75, 3.05) is 4.90 Å². The third-order valence-electron chi connectivity index (χ3n) is 13.4. The fourth-order valence-electron chi connectivity index (χ4n) is 9.74. The van der Waals surface area contributed by atoms with E-state index in [2.05, 4.69) is 259 Å². The Balaban J connectivity index is 1.02. The van der Waals surface area contributed by atoms with Crippen LogP contribution >= 0.6 is 0 Å². The van der Waals surface area contributed by atoms with Gasteiger partial charge < -0.3 is 4.90 Å². The standard InChI is InChI=1S/C64H53N/c1-63(2,3)52-27-22-44(23-28-52)57-37-50-40-61-59-36-46-26-31-55(33-49(46)39-60(59)62(61)41-51(50)38-58(57)45-24-29-53(30-25-45)64(4,5)6)65(54-20-14-9-15-21-54)56-34-47(42-16-10-7-11-17-42)32-48(35-56)43-18-12-8-13-19-43/h7-41H,1-6H3. The van der Waals surface area contributed by atoms with Gasteiger partial charge in [0.25, 0.3) is 0 Å². The van der Waals surface area contributed by atoms with E-state index in [9.17, 15) is 0 Å². The molecule has 0 heterocycles. The second-order valence-corrected chi connectivity index (χ2v) is 19.9. The van der Waals surface area contributed by atoms with Crippen molar-refractivity contribution in [3.63, 3.8) is 0 Å². The van der Waals surface area contributed by atoms with Gasteiger partial charge in [-0.1, -0.05) is 175 Å². The summed E-state index contributed by atoms with van der Waals surface area (Å²) >= 11 is 0. The Labute approximate surface area is 384 Å². The number of hydrogen-bond acceptors (Lipinski definition) is 1. The second-order valence-electron chi connectivity index (χ2n) is 19.9. The number of nitrogens with zero attached hydrogens (tertiary/aromatic N) is 1. The van der Waals surface area contributed by atoms with Gasteiger partial charge in [0.1, 0.15) is 0 Å². The molecule has 0 atom stereocenters. The second kappa shape index (κ2) is 15.6. The van der Waals surface area contributed by atoms with E-state index in [-0.39, 0.29) is 10.8 Å². The van der Waals surface area contributed by atoms with E-state index >= 15 is 0 Å². The lowest BCUT2D eigenvalue weighted by atomic mass is 9.77. The Morgan fingerprint density at radius 1 is 0.246 bits per heavy atom. The summed E-state index contributed by atoms with van der Waals surface area (Å²) in [5, 5.41) is 4.99. The highest BCUT2D eigenvalue weighted by Crippen LogP contribution is 2.52. The number of benzene rings is 10. The van der Waals surface area contributed by atoms with Crippen LogP contribution in [0.25, 0.3) is 88.3 Å². The molecule has 0 saturated carbocycles. The molecule has 1 aliphatic rings. The van der Waals surface area contributed by atoms with Crippen molar-refractivity contribution in [1.29, 1.82) is 0 Å². The molecule has 314 valence electrons. The summed E-state index contributed by atoms with van der Waals surface area (Å²) in [6.07, 6.45) is 0. The van der Waals surface area contributed by atoms with Crippen LogP contribution in [0.3, 0.4) is 0 Å². The van der Waals surface area contributed by atoms with Gasteiger partial charge in [0.2, 0.25) is 0 Å². The summed E-state index contributed by atoms with van der Waals surface area (Å²) in [4.78, 5) is 2.41. The molecule has 0 amide bonds. The lowest BCUT2D eigenvalue weighted by Gasteiger charge is -2.28. The number of fused-ring (bicyclic) bond motifs is 6. The van der Waals surface area contributed by atoms with Crippen molar-refractivity contribution >= 4 is 38.6 Å². The van der Waals surface area contributed by atoms with E-state index in [1.165, 1.54) is 99.4 Å². The zero-order chi connectivity index (χ0) is 44.5. The summed E-state index contributed by atoms with van der Waals surface area (Å²) in [6.45, 7) is 13.7. The van der Waals surface area contributed by atoms with Gasteiger partial charge in [0.15, 0.2) is 0 Å². The average molecular weight is 836 g/mol. The SMILES string of the molecule is CC(C)(C)c1ccc(-c2cc3cc4c(cc3cc2-c2ccc(C(C)(C)C)cc2)-c2cc3cc(N(c5ccccc5)c5cc(-c6ccccc6)cc(-c6ccccc6)c5)ccc3cc2-4)cc1. The predicted molar refractivity (Wildman–Crippen MR) is 280 cm³/mol. The van der Waals surface area contributed by atoms with Gasteiger partial charge in [-0.2, -0.15) is 0 Å². The maximum absolute atomic E-state index is 2.43. The number of anilines is 3. The quantitative estimate of drug-likeness (QED) is 0.155. The van der Waals surface area contributed by atoms with E-state index in [1.54, 1.807) is 0 Å². The molecular weight excluding hydrogens is 783 g/mol. The van der Waals surface area contributed by atoms with Crippen LogP contribution in [0.5, 0.6) is 0 Å². The Bertz CT molecular complexity index is 3330. The van der Waals surface area contributed by atoms with Crippen molar-refractivity contribution in [2.45, 2.75) is 52.4 Å². The molecule has 10 aromatic rings.